The molecule has 2 aromatic rings. The van der Waals surface area contributed by atoms with Gasteiger partial charge in [0.25, 0.3) is 0 Å². The van der Waals surface area contributed by atoms with Crippen LogP contribution in [0.1, 0.15) is 26.2 Å². The lowest BCUT2D eigenvalue weighted by Crippen LogP contribution is -2.26. The number of benzene rings is 2. The van der Waals surface area contributed by atoms with Crippen molar-refractivity contribution in [2.24, 2.45) is 0 Å². The Labute approximate surface area is 166 Å². The van der Waals surface area contributed by atoms with Gasteiger partial charge in [0.1, 0.15) is 0 Å². The Morgan fingerprint density at radius 3 is 2.52 bits per heavy atom. The van der Waals surface area contributed by atoms with Crippen molar-refractivity contribution in [3.63, 3.8) is 0 Å². The number of hydrogen-bond donors (Lipinski definition) is 1. The van der Waals surface area contributed by atoms with Gasteiger partial charge in [-0.05, 0) is 68.0 Å². The van der Waals surface area contributed by atoms with Gasteiger partial charge in [0.15, 0.2) is 0 Å². The van der Waals surface area contributed by atoms with Crippen molar-refractivity contribution < 1.29 is 13.2 Å². The SMILES string of the molecule is CCCCNCCCN1c2ccccc2Sc2ccc(SC(F)(F)F)cc21. The zero-order valence-corrected chi connectivity index (χ0v) is 16.8. The van der Waals surface area contributed by atoms with E-state index in [1.165, 1.54) is 0 Å². The molecule has 1 aliphatic heterocycles. The van der Waals surface area contributed by atoms with E-state index in [0.717, 1.165) is 60.1 Å². The molecule has 27 heavy (non-hydrogen) atoms. The number of fused-ring (bicyclic) bond motifs is 2. The van der Waals surface area contributed by atoms with Crippen LogP contribution in [0.5, 0.6) is 0 Å². The van der Waals surface area contributed by atoms with Gasteiger partial charge >= 0.3 is 5.51 Å². The fraction of sp³-hybridized carbons (Fsp3) is 0.400. The molecule has 0 spiro atoms. The highest BCUT2D eigenvalue weighted by molar-refractivity contribution is 8.00. The number of anilines is 2. The number of rotatable bonds is 8. The van der Waals surface area contributed by atoms with Gasteiger partial charge in [0, 0.05) is 21.2 Å². The van der Waals surface area contributed by atoms with Gasteiger partial charge in [0.2, 0.25) is 0 Å². The molecule has 1 aliphatic rings. The highest BCUT2D eigenvalue weighted by atomic mass is 32.2. The lowest BCUT2D eigenvalue weighted by Gasteiger charge is -2.33. The molecule has 0 saturated heterocycles. The van der Waals surface area contributed by atoms with Crippen LogP contribution in [0.2, 0.25) is 0 Å². The Kier molecular flexibility index (Phi) is 7.00. The molecule has 0 amide bonds. The van der Waals surface area contributed by atoms with Gasteiger partial charge < -0.3 is 10.2 Å². The van der Waals surface area contributed by atoms with E-state index in [-0.39, 0.29) is 16.7 Å². The predicted molar refractivity (Wildman–Crippen MR) is 108 cm³/mol. The Hall–Kier alpha value is -1.31. The van der Waals surface area contributed by atoms with Crippen LogP contribution in [0.4, 0.5) is 24.5 Å². The summed E-state index contributed by atoms with van der Waals surface area (Å²) in [6.45, 7) is 4.84. The first-order chi connectivity index (χ1) is 13.0. The lowest BCUT2D eigenvalue weighted by atomic mass is 10.2. The third-order valence-corrected chi connectivity index (χ3v) is 6.12. The summed E-state index contributed by atoms with van der Waals surface area (Å²) >= 11 is 1.56. The van der Waals surface area contributed by atoms with Crippen LogP contribution in [0, 0.1) is 0 Å². The molecule has 3 rings (SSSR count). The van der Waals surface area contributed by atoms with Crippen LogP contribution >= 0.6 is 23.5 Å². The Morgan fingerprint density at radius 2 is 1.74 bits per heavy atom. The van der Waals surface area contributed by atoms with Gasteiger partial charge in [-0.1, -0.05) is 37.2 Å². The summed E-state index contributed by atoms with van der Waals surface area (Å²) in [5.74, 6) is 0. The Balaban J connectivity index is 1.79. The van der Waals surface area contributed by atoms with Gasteiger partial charge in [-0.2, -0.15) is 13.2 Å². The largest absolute Gasteiger partial charge is 0.446 e. The third-order valence-electron chi connectivity index (χ3n) is 4.27. The number of alkyl halides is 3. The molecular formula is C20H23F3N2S2. The molecule has 1 N–H and O–H groups in total. The maximum atomic E-state index is 12.8. The van der Waals surface area contributed by atoms with Crippen molar-refractivity contribution in [2.75, 3.05) is 24.5 Å². The first kappa shape index (κ1) is 20.4. The molecule has 146 valence electrons. The van der Waals surface area contributed by atoms with Crippen molar-refractivity contribution >= 4 is 34.9 Å². The van der Waals surface area contributed by atoms with Crippen molar-refractivity contribution in [3.05, 3.63) is 42.5 Å². The van der Waals surface area contributed by atoms with E-state index in [0.29, 0.717) is 0 Å². The van der Waals surface area contributed by atoms with Crippen LogP contribution in [-0.4, -0.2) is 25.1 Å². The van der Waals surface area contributed by atoms with Gasteiger partial charge in [-0.25, -0.2) is 0 Å². The summed E-state index contributed by atoms with van der Waals surface area (Å²) in [6, 6.07) is 13.1. The molecule has 0 unspecified atom stereocenters. The normalized spacial score (nSPS) is 13.4. The van der Waals surface area contributed by atoms with Crippen LogP contribution in [0.25, 0.3) is 0 Å². The number of para-hydroxylation sites is 1. The van der Waals surface area contributed by atoms with Crippen LogP contribution in [-0.2, 0) is 0 Å². The monoisotopic (exact) mass is 412 g/mol. The van der Waals surface area contributed by atoms with Crippen LogP contribution in [0.3, 0.4) is 0 Å². The number of unbranched alkanes of at least 4 members (excludes halogenated alkanes) is 1. The molecule has 0 saturated carbocycles. The van der Waals surface area contributed by atoms with Crippen molar-refractivity contribution in [1.29, 1.82) is 0 Å². The smallest absolute Gasteiger partial charge is 0.340 e. The summed E-state index contributed by atoms with van der Waals surface area (Å²) in [7, 11) is 0. The maximum Gasteiger partial charge on any atom is 0.446 e. The zero-order valence-electron chi connectivity index (χ0n) is 15.2. The van der Waals surface area contributed by atoms with Crippen LogP contribution < -0.4 is 10.2 Å². The quantitative estimate of drug-likeness (QED) is 0.384. The molecule has 1 heterocycles. The fourth-order valence-electron chi connectivity index (χ4n) is 3.04. The van der Waals surface area contributed by atoms with Crippen molar-refractivity contribution in [2.45, 2.75) is 46.4 Å². The maximum absolute atomic E-state index is 12.8. The second-order valence-corrected chi connectivity index (χ2v) is 8.58. The molecular weight excluding hydrogens is 389 g/mol. The van der Waals surface area contributed by atoms with Crippen LogP contribution in [0.15, 0.2) is 57.2 Å². The summed E-state index contributed by atoms with van der Waals surface area (Å²) < 4.78 is 38.4. The number of nitrogens with zero attached hydrogens (tertiary/aromatic N) is 1. The minimum Gasteiger partial charge on any atom is -0.340 e. The van der Waals surface area contributed by atoms with Crippen molar-refractivity contribution in [1.82, 2.24) is 5.32 Å². The molecule has 0 bridgehead atoms. The second kappa shape index (κ2) is 9.26. The van der Waals surface area contributed by atoms with Gasteiger partial charge in [-0.3, -0.25) is 0 Å². The van der Waals surface area contributed by atoms with E-state index in [2.05, 4.69) is 23.2 Å². The molecule has 2 aromatic carbocycles. The fourth-order valence-corrected chi connectivity index (χ4v) is 4.69. The molecule has 0 aliphatic carbocycles. The van der Waals surface area contributed by atoms with E-state index in [1.54, 1.807) is 30.0 Å². The minimum absolute atomic E-state index is 0.0539. The summed E-state index contributed by atoms with van der Waals surface area (Å²) in [5, 5.41) is 3.43. The summed E-state index contributed by atoms with van der Waals surface area (Å²) in [6.07, 6.45) is 3.25. The standard InChI is InChI=1S/C20H23F3N2S2/c1-2-3-11-24-12-6-13-25-16-7-4-5-8-18(16)26-19-10-9-15(14-17(19)25)27-20(21,22)23/h4-5,7-10,14,24H,2-3,6,11-13H2,1H3. The first-order valence-electron chi connectivity index (χ1n) is 9.13. The first-order valence-corrected chi connectivity index (χ1v) is 10.8. The van der Waals surface area contributed by atoms with Gasteiger partial charge in [-0.15, -0.1) is 0 Å². The summed E-state index contributed by atoms with van der Waals surface area (Å²) in [4.78, 5) is 4.52. The number of halogens is 3. The second-order valence-electron chi connectivity index (χ2n) is 6.36. The molecule has 0 atom stereocenters. The van der Waals surface area contributed by atoms with E-state index in [4.69, 9.17) is 0 Å². The zero-order chi connectivity index (χ0) is 19.3. The molecule has 0 aromatic heterocycles. The van der Waals surface area contributed by atoms with Crippen molar-refractivity contribution in [3.8, 4) is 0 Å². The average Bonchev–Trinajstić information content (AvgIpc) is 2.62. The molecule has 0 fully saturated rings. The number of thioether (sulfide) groups is 1. The van der Waals surface area contributed by atoms with Gasteiger partial charge in [0.05, 0.1) is 11.4 Å². The highest BCUT2D eigenvalue weighted by Gasteiger charge is 2.30. The van der Waals surface area contributed by atoms with E-state index >= 15 is 0 Å². The molecule has 0 radical (unpaired) electrons. The lowest BCUT2D eigenvalue weighted by molar-refractivity contribution is -0.0328. The molecule has 2 nitrogen and oxygen atoms in total. The van der Waals surface area contributed by atoms with E-state index in [9.17, 15) is 13.2 Å². The van der Waals surface area contributed by atoms with E-state index in [1.807, 2.05) is 18.2 Å². The average molecular weight is 413 g/mol. The number of hydrogen-bond acceptors (Lipinski definition) is 4. The predicted octanol–water partition coefficient (Wildman–Crippen LogP) is 6.68. The third kappa shape index (κ3) is 5.59. The minimum atomic E-state index is -4.28. The summed E-state index contributed by atoms with van der Waals surface area (Å²) in [5.41, 5.74) is -2.35. The number of nitrogens with one attached hydrogen (secondary N) is 1. The Bertz CT molecular complexity index is 765. The molecule has 7 heteroatoms. The highest BCUT2D eigenvalue weighted by Crippen LogP contribution is 2.50. The topological polar surface area (TPSA) is 15.3 Å². The van der Waals surface area contributed by atoms with E-state index < -0.39 is 5.51 Å². The Morgan fingerprint density at radius 1 is 1.00 bits per heavy atom.